The fourth-order valence-electron chi connectivity index (χ4n) is 2.28. The Morgan fingerprint density at radius 1 is 1.20 bits per heavy atom. The lowest BCUT2D eigenvalue weighted by molar-refractivity contribution is -0.384. The molecule has 0 aliphatic carbocycles. The largest absolute Gasteiger partial charge is 0.370 e. The summed E-state index contributed by atoms with van der Waals surface area (Å²) in [4.78, 5) is 62.0. The SMILES string of the molecule is CN(Cc1cc([N+](=O)[O-])cc2[nH]c(=O)c(=O)[nH]c12)C(=O)CCC(N)=O. The molecule has 0 unspecified atom stereocenters. The van der Waals surface area contributed by atoms with E-state index in [1.807, 2.05) is 0 Å². The van der Waals surface area contributed by atoms with E-state index in [1.165, 1.54) is 18.0 Å². The first kappa shape index (κ1) is 17.8. The molecule has 0 saturated heterocycles. The highest BCUT2D eigenvalue weighted by Gasteiger charge is 2.17. The number of aromatic nitrogens is 2. The zero-order valence-electron chi connectivity index (χ0n) is 13.2. The molecule has 2 rings (SSSR count). The van der Waals surface area contributed by atoms with Crippen LogP contribution in [0.5, 0.6) is 0 Å². The second kappa shape index (κ2) is 6.95. The summed E-state index contributed by atoms with van der Waals surface area (Å²) < 4.78 is 0. The Labute approximate surface area is 139 Å². The molecule has 25 heavy (non-hydrogen) atoms. The van der Waals surface area contributed by atoms with E-state index in [0.29, 0.717) is 0 Å². The van der Waals surface area contributed by atoms with Gasteiger partial charge < -0.3 is 20.6 Å². The van der Waals surface area contributed by atoms with E-state index in [4.69, 9.17) is 5.73 Å². The van der Waals surface area contributed by atoms with Crippen LogP contribution in [0.4, 0.5) is 5.69 Å². The lowest BCUT2D eigenvalue weighted by Crippen LogP contribution is -2.30. The first-order chi connectivity index (χ1) is 11.7. The minimum Gasteiger partial charge on any atom is -0.370 e. The van der Waals surface area contributed by atoms with E-state index in [9.17, 15) is 29.3 Å². The molecule has 11 heteroatoms. The maximum Gasteiger partial charge on any atom is 0.314 e. The third-order valence-corrected chi connectivity index (χ3v) is 3.53. The van der Waals surface area contributed by atoms with Crippen LogP contribution in [-0.2, 0) is 16.1 Å². The Hall–Kier alpha value is -3.50. The van der Waals surface area contributed by atoms with Gasteiger partial charge in [-0.2, -0.15) is 0 Å². The van der Waals surface area contributed by atoms with Gasteiger partial charge in [0, 0.05) is 44.1 Å². The minimum absolute atomic E-state index is 0.0717. The van der Waals surface area contributed by atoms with E-state index < -0.39 is 27.9 Å². The molecular formula is C14H15N5O6. The van der Waals surface area contributed by atoms with E-state index in [-0.39, 0.29) is 41.7 Å². The van der Waals surface area contributed by atoms with Crippen LogP contribution < -0.4 is 16.9 Å². The number of nitrogens with two attached hydrogens (primary N) is 1. The summed E-state index contributed by atoms with van der Waals surface area (Å²) in [5.74, 6) is -1.02. The van der Waals surface area contributed by atoms with Gasteiger partial charge in [-0.1, -0.05) is 0 Å². The van der Waals surface area contributed by atoms with Crippen LogP contribution in [0.15, 0.2) is 21.7 Å². The van der Waals surface area contributed by atoms with Crippen LogP contribution in [0.2, 0.25) is 0 Å². The Morgan fingerprint density at radius 2 is 1.84 bits per heavy atom. The number of nitro benzene ring substituents is 1. The molecule has 0 fully saturated rings. The van der Waals surface area contributed by atoms with E-state index >= 15 is 0 Å². The number of hydrogen-bond donors (Lipinski definition) is 3. The van der Waals surface area contributed by atoms with Gasteiger partial charge >= 0.3 is 11.1 Å². The maximum absolute atomic E-state index is 12.0. The van der Waals surface area contributed by atoms with Crippen molar-refractivity contribution in [3.05, 3.63) is 48.5 Å². The van der Waals surface area contributed by atoms with Gasteiger partial charge in [0.1, 0.15) is 0 Å². The van der Waals surface area contributed by atoms with Gasteiger partial charge in [0.05, 0.1) is 16.0 Å². The normalized spacial score (nSPS) is 10.6. The molecule has 2 amide bonds. The highest BCUT2D eigenvalue weighted by Crippen LogP contribution is 2.22. The van der Waals surface area contributed by atoms with Crippen molar-refractivity contribution in [2.45, 2.75) is 19.4 Å². The molecule has 0 radical (unpaired) electrons. The molecule has 0 bridgehead atoms. The van der Waals surface area contributed by atoms with Crippen LogP contribution >= 0.6 is 0 Å². The highest BCUT2D eigenvalue weighted by atomic mass is 16.6. The summed E-state index contributed by atoms with van der Waals surface area (Å²) in [6.45, 7) is -0.0717. The fraction of sp³-hybridized carbons (Fsp3) is 0.286. The molecule has 0 aliphatic rings. The van der Waals surface area contributed by atoms with Gasteiger partial charge in [-0.3, -0.25) is 29.3 Å². The number of nitrogens with zero attached hydrogens (tertiary/aromatic N) is 2. The van der Waals surface area contributed by atoms with Gasteiger partial charge in [-0.15, -0.1) is 0 Å². The number of carbonyl (C=O) groups is 2. The molecule has 1 heterocycles. The summed E-state index contributed by atoms with van der Waals surface area (Å²) >= 11 is 0. The van der Waals surface area contributed by atoms with Gasteiger partial charge in [-0.25, -0.2) is 0 Å². The first-order valence-corrected chi connectivity index (χ1v) is 7.15. The van der Waals surface area contributed by atoms with E-state index in [0.717, 1.165) is 6.07 Å². The Morgan fingerprint density at radius 3 is 2.44 bits per heavy atom. The number of H-pyrrole nitrogens is 2. The second-order valence-electron chi connectivity index (χ2n) is 5.41. The van der Waals surface area contributed by atoms with Gasteiger partial charge in [0.15, 0.2) is 0 Å². The Kier molecular flexibility index (Phi) is 4.96. The standard InChI is InChI=1S/C14H15N5O6/c1-18(11(21)3-2-10(15)20)6-7-4-8(19(24)25)5-9-12(7)17-14(23)13(22)16-9/h4-5H,2-3,6H2,1H3,(H2,15,20)(H,16,22)(H,17,23). The van der Waals surface area contributed by atoms with Crippen LogP contribution in [0.25, 0.3) is 11.0 Å². The lowest BCUT2D eigenvalue weighted by Gasteiger charge is -2.18. The third-order valence-electron chi connectivity index (χ3n) is 3.53. The van der Waals surface area contributed by atoms with Crippen LogP contribution in [-0.4, -0.2) is 38.7 Å². The average molecular weight is 349 g/mol. The second-order valence-corrected chi connectivity index (χ2v) is 5.41. The number of hydrogen-bond acceptors (Lipinski definition) is 6. The monoisotopic (exact) mass is 349 g/mol. The molecule has 4 N–H and O–H groups in total. The summed E-state index contributed by atoms with van der Waals surface area (Å²) in [5, 5.41) is 11.1. The molecule has 0 atom stereocenters. The first-order valence-electron chi connectivity index (χ1n) is 7.15. The predicted octanol–water partition coefficient (Wildman–Crippen LogP) is -0.651. The Bertz CT molecular complexity index is 976. The summed E-state index contributed by atoms with van der Waals surface area (Å²) in [6.07, 6.45) is -0.227. The smallest absolute Gasteiger partial charge is 0.314 e. The van der Waals surface area contributed by atoms with Crippen molar-refractivity contribution in [1.82, 2.24) is 14.9 Å². The van der Waals surface area contributed by atoms with Crippen molar-refractivity contribution in [1.29, 1.82) is 0 Å². The van der Waals surface area contributed by atoms with Crippen LogP contribution in [0, 0.1) is 10.1 Å². The topological polar surface area (TPSA) is 172 Å². The summed E-state index contributed by atoms with van der Waals surface area (Å²) in [5.41, 5.74) is 3.37. The fourth-order valence-corrected chi connectivity index (χ4v) is 2.28. The zero-order valence-corrected chi connectivity index (χ0v) is 13.2. The molecule has 1 aromatic carbocycles. The molecule has 132 valence electrons. The number of aromatic amines is 2. The number of primary amides is 1. The number of benzene rings is 1. The molecule has 0 aliphatic heterocycles. The van der Waals surface area contributed by atoms with Crippen molar-refractivity contribution >= 4 is 28.5 Å². The van der Waals surface area contributed by atoms with Crippen molar-refractivity contribution in [3.63, 3.8) is 0 Å². The van der Waals surface area contributed by atoms with Crippen LogP contribution in [0.1, 0.15) is 18.4 Å². The molecular weight excluding hydrogens is 334 g/mol. The number of rotatable bonds is 6. The van der Waals surface area contributed by atoms with Gasteiger partial charge in [0.2, 0.25) is 11.8 Å². The van der Waals surface area contributed by atoms with Crippen molar-refractivity contribution in [3.8, 4) is 0 Å². The van der Waals surface area contributed by atoms with Crippen molar-refractivity contribution < 1.29 is 14.5 Å². The van der Waals surface area contributed by atoms with E-state index in [2.05, 4.69) is 9.97 Å². The lowest BCUT2D eigenvalue weighted by atomic mass is 10.1. The van der Waals surface area contributed by atoms with E-state index in [1.54, 1.807) is 0 Å². The zero-order chi connectivity index (χ0) is 18.7. The number of carbonyl (C=O) groups excluding carboxylic acids is 2. The number of nitrogens with one attached hydrogen (secondary N) is 2. The van der Waals surface area contributed by atoms with Crippen LogP contribution in [0.3, 0.4) is 0 Å². The maximum atomic E-state index is 12.0. The predicted molar refractivity (Wildman–Crippen MR) is 86.7 cm³/mol. The number of amides is 2. The van der Waals surface area contributed by atoms with Crippen molar-refractivity contribution in [2.24, 2.45) is 5.73 Å². The molecule has 0 spiro atoms. The molecule has 0 saturated carbocycles. The number of nitro groups is 1. The summed E-state index contributed by atoms with van der Waals surface area (Å²) in [6, 6.07) is 2.32. The quantitative estimate of drug-likeness (QED) is 0.355. The molecule has 1 aromatic heterocycles. The molecule has 11 nitrogen and oxygen atoms in total. The molecule has 2 aromatic rings. The Balaban J connectivity index is 2.44. The number of non-ortho nitro benzene ring substituents is 1. The van der Waals surface area contributed by atoms with Gasteiger partial charge in [-0.05, 0) is 0 Å². The average Bonchev–Trinajstić information content (AvgIpc) is 2.53. The van der Waals surface area contributed by atoms with Gasteiger partial charge in [0.25, 0.3) is 5.69 Å². The van der Waals surface area contributed by atoms with Crippen molar-refractivity contribution in [2.75, 3.05) is 7.05 Å². The number of fused-ring (bicyclic) bond motifs is 1. The highest BCUT2D eigenvalue weighted by molar-refractivity contribution is 5.84. The third kappa shape index (κ3) is 4.07. The summed E-state index contributed by atoms with van der Waals surface area (Å²) in [7, 11) is 1.44. The minimum atomic E-state index is -0.940.